The summed E-state index contributed by atoms with van der Waals surface area (Å²) in [6, 6.07) is 0.0244. The summed E-state index contributed by atoms with van der Waals surface area (Å²) in [4.78, 5) is 14.2. The summed E-state index contributed by atoms with van der Waals surface area (Å²) < 4.78 is 5.04. The molecular weight excluding hydrogens is 228 g/mol. The largest absolute Gasteiger partial charge is 0.385 e. The van der Waals surface area contributed by atoms with Crippen LogP contribution in [0.25, 0.3) is 0 Å². The number of amides is 1. The van der Waals surface area contributed by atoms with E-state index in [0.717, 1.165) is 38.8 Å². The number of methoxy groups -OCH3 is 1. The van der Waals surface area contributed by atoms with Crippen LogP contribution in [-0.2, 0) is 9.53 Å². The van der Waals surface area contributed by atoms with Crippen LogP contribution in [0.1, 0.15) is 46.5 Å². The highest BCUT2D eigenvalue weighted by Gasteiger charge is 2.38. The molecule has 0 radical (unpaired) electrons. The van der Waals surface area contributed by atoms with Crippen LogP contribution in [0.2, 0.25) is 0 Å². The number of nitrogens with zero attached hydrogens (tertiary/aromatic N) is 1. The summed E-state index contributed by atoms with van der Waals surface area (Å²) in [6.07, 6.45) is 4.36. The smallest absolute Gasteiger partial charge is 0.241 e. The Labute approximate surface area is 111 Å². The van der Waals surface area contributed by atoms with E-state index in [1.807, 2.05) is 4.90 Å². The summed E-state index contributed by atoms with van der Waals surface area (Å²) >= 11 is 0. The lowest BCUT2D eigenvalue weighted by Crippen LogP contribution is -2.41. The van der Waals surface area contributed by atoms with E-state index in [2.05, 4.69) is 26.1 Å². The molecule has 18 heavy (non-hydrogen) atoms. The molecule has 0 spiro atoms. The van der Waals surface area contributed by atoms with Gasteiger partial charge in [-0.15, -0.1) is 0 Å². The van der Waals surface area contributed by atoms with Gasteiger partial charge in [0.15, 0.2) is 0 Å². The van der Waals surface area contributed by atoms with Gasteiger partial charge in [-0.3, -0.25) is 10.1 Å². The van der Waals surface area contributed by atoms with Crippen LogP contribution in [0.4, 0.5) is 0 Å². The van der Waals surface area contributed by atoms with E-state index in [-0.39, 0.29) is 18.1 Å². The van der Waals surface area contributed by atoms with Crippen LogP contribution in [0.5, 0.6) is 0 Å². The van der Waals surface area contributed by atoms with Crippen molar-refractivity contribution in [3.8, 4) is 0 Å². The minimum absolute atomic E-state index is 0.0244. The van der Waals surface area contributed by atoms with Crippen molar-refractivity contribution < 1.29 is 9.53 Å². The van der Waals surface area contributed by atoms with Crippen molar-refractivity contribution in [3.05, 3.63) is 0 Å². The molecule has 0 aromatic carbocycles. The Hall–Kier alpha value is -0.610. The summed E-state index contributed by atoms with van der Waals surface area (Å²) in [7, 11) is 1.73. The Balaban J connectivity index is 2.42. The van der Waals surface area contributed by atoms with Gasteiger partial charge >= 0.3 is 0 Å². The van der Waals surface area contributed by atoms with Crippen LogP contribution in [-0.4, -0.2) is 43.3 Å². The molecule has 0 saturated carbocycles. The SMILES string of the molecule is CCC1NC(C(C)C)N(CCCCCOC)C1=O. The van der Waals surface area contributed by atoms with E-state index < -0.39 is 0 Å². The van der Waals surface area contributed by atoms with Gasteiger partial charge in [-0.25, -0.2) is 0 Å². The number of nitrogens with one attached hydrogen (secondary N) is 1. The monoisotopic (exact) mass is 256 g/mol. The quantitative estimate of drug-likeness (QED) is 0.675. The number of ether oxygens (including phenoxy) is 1. The maximum atomic E-state index is 12.2. The Bertz CT molecular complexity index is 256. The van der Waals surface area contributed by atoms with Crippen molar-refractivity contribution in [3.63, 3.8) is 0 Å². The first-order chi connectivity index (χ1) is 8.61. The lowest BCUT2D eigenvalue weighted by molar-refractivity contribution is -0.130. The molecule has 1 saturated heterocycles. The van der Waals surface area contributed by atoms with Gasteiger partial charge in [-0.1, -0.05) is 20.8 Å². The highest BCUT2D eigenvalue weighted by molar-refractivity contribution is 5.84. The Morgan fingerprint density at radius 1 is 1.33 bits per heavy atom. The Morgan fingerprint density at radius 3 is 2.61 bits per heavy atom. The topological polar surface area (TPSA) is 41.6 Å². The van der Waals surface area contributed by atoms with Gasteiger partial charge < -0.3 is 9.64 Å². The second-order valence-electron chi connectivity index (χ2n) is 5.40. The van der Waals surface area contributed by atoms with Crippen LogP contribution in [0.3, 0.4) is 0 Å². The molecule has 0 aromatic rings. The second kappa shape index (κ2) is 7.74. The summed E-state index contributed by atoms with van der Waals surface area (Å²) in [5, 5.41) is 3.44. The fraction of sp³-hybridized carbons (Fsp3) is 0.929. The van der Waals surface area contributed by atoms with Gasteiger partial charge in [0.2, 0.25) is 5.91 Å². The number of hydrogen-bond donors (Lipinski definition) is 1. The second-order valence-corrected chi connectivity index (χ2v) is 5.40. The fourth-order valence-electron chi connectivity index (χ4n) is 2.50. The molecule has 1 heterocycles. The predicted molar refractivity (Wildman–Crippen MR) is 73.3 cm³/mol. The normalized spacial score (nSPS) is 24.3. The summed E-state index contributed by atoms with van der Waals surface area (Å²) in [5.74, 6) is 0.743. The average molecular weight is 256 g/mol. The Morgan fingerprint density at radius 2 is 2.06 bits per heavy atom. The highest BCUT2D eigenvalue weighted by Crippen LogP contribution is 2.19. The minimum Gasteiger partial charge on any atom is -0.385 e. The van der Waals surface area contributed by atoms with E-state index in [9.17, 15) is 4.79 Å². The van der Waals surface area contributed by atoms with Crippen molar-refractivity contribution in [1.29, 1.82) is 0 Å². The van der Waals surface area contributed by atoms with Crippen LogP contribution >= 0.6 is 0 Å². The molecule has 0 aliphatic carbocycles. The number of carbonyl (C=O) groups excluding carboxylic acids is 1. The molecule has 1 amide bonds. The minimum atomic E-state index is 0.0244. The molecule has 4 nitrogen and oxygen atoms in total. The van der Waals surface area contributed by atoms with E-state index >= 15 is 0 Å². The number of rotatable bonds is 8. The first-order valence-electron chi connectivity index (χ1n) is 7.17. The molecule has 2 atom stereocenters. The molecule has 0 aromatic heterocycles. The average Bonchev–Trinajstić information content (AvgIpc) is 2.66. The van der Waals surface area contributed by atoms with Crippen molar-refractivity contribution in [2.75, 3.05) is 20.3 Å². The molecule has 1 fully saturated rings. The molecular formula is C14H28N2O2. The zero-order valence-electron chi connectivity index (χ0n) is 12.2. The molecule has 1 aliphatic heterocycles. The van der Waals surface area contributed by atoms with Gasteiger partial charge in [-0.05, 0) is 31.6 Å². The van der Waals surface area contributed by atoms with Crippen molar-refractivity contribution in [1.82, 2.24) is 10.2 Å². The van der Waals surface area contributed by atoms with E-state index in [4.69, 9.17) is 4.74 Å². The molecule has 4 heteroatoms. The lowest BCUT2D eigenvalue weighted by Gasteiger charge is -2.27. The van der Waals surface area contributed by atoms with Gasteiger partial charge in [0.1, 0.15) is 0 Å². The van der Waals surface area contributed by atoms with Gasteiger partial charge in [0.05, 0.1) is 12.2 Å². The third kappa shape index (κ3) is 3.95. The zero-order chi connectivity index (χ0) is 13.5. The third-order valence-corrected chi connectivity index (χ3v) is 3.58. The first kappa shape index (κ1) is 15.4. The fourth-order valence-corrected chi connectivity index (χ4v) is 2.50. The maximum Gasteiger partial charge on any atom is 0.241 e. The van der Waals surface area contributed by atoms with Crippen molar-refractivity contribution >= 4 is 5.91 Å². The Kier molecular flexibility index (Phi) is 6.65. The first-order valence-corrected chi connectivity index (χ1v) is 7.17. The van der Waals surface area contributed by atoms with E-state index in [0.29, 0.717) is 5.92 Å². The lowest BCUT2D eigenvalue weighted by atomic mass is 10.1. The molecule has 0 bridgehead atoms. The van der Waals surface area contributed by atoms with E-state index in [1.165, 1.54) is 0 Å². The predicted octanol–water partition coefficient (Wildman–Crippen LogP) is 2.00. The molecule has 106 valence electrons. The number of carbonyl (C=O) groups is 1. The van der Waals surface area contributed by atoms with E-state index in [1.54, 1.807) is 7.11 Å². The standard InChI is InChI=1S/C14H28N2O2/c1-5-12-14(17)16(13(15-12)11(2)3)9-7-6-8-10-18-4/h11-13,15H,5-10H2,1-4H3. The molecule has 1 aliphatic rings. The molecule has 2 unspecified atom stereocenters. The summed E-state index contributed by atoms with van der Waals surface area (Å²) in [5.41, 5.74) is 0. The highest BCUT2D eigenvalue weighted by atomic mass is 16.5. The van der Waals surface area contributed by atoms with Crippen LogP contribution in [0, 0.1) is 5.92 Å². The van der Waals surface area contributed by atoms with Crippen molar-refractivity contribution in [2.24, 2.45) is 5.92 Å². The zero-order valence-corrected chi connectivity index (χ0v) is 12.2. The molecule has 1 N–H and O–H groups in total. The number of unbranched alkanes of at least 4 members (excludes halogenated alkanes) is 2. The van der Waals surface area contributed by atoms with Crippen molar-refractivity contribution in [2.45, 2.75) is 58.7 Å². The van der Waals surface area contributed by atoms with Crippen LogP contribution < -0.4 is 5.32 Å². The summed E-state index contributed by atoms with van der Waals surface area (Å²) in [6.45, 7) is 8.09. The van der Waals surface area contributed by atoms with Gasteiger partial charge in [0, 0.05) is 20.3 Å². The van der Waals surface area contributed by atoms with Gasteiger partial charge in [-0.2, -0.15) is 0 Å². The van der Waals surface area contributed by atoms with Gasteiger partial charge in [0.25, 0.3) is 0 Å². The van der Waals surface area contributed by atoms with Crippen LogP contribution in [0.15, 0.2) is 0 Å². The third-order valence-electron chi connectivity index (χ3n) is 3.58. The molecule has 1 rings (SSSR count). The maximum absolute atomic E-state index is 12.2. The number of hydrogen-bond acceptors (Lipinski definition) is 3.